The lowest BCUT2D eigenvalue weighted by molar-refractivity contribution is -0.139. The first kappa shape index (κ1) is 14.2. The van der Waals surface area contributed by atoms with Gasteiger partial charge in [-0.05, 0) is 51.2 Å². The SMILES string of the molecule is CC1(CN2CCC(=O)NC(C)(C3CC3)C2=O)CCCS1. The van der Waals surface area contributed by atoms with Crippen molar-refractivity contribution in [1.29, 1.82) is 0 Å². The van der Waals surface area contributed by atoms with Crippen LogP contribution in [0, 0.1) is 5.92 Å². The number of hydrogen-bond donors (Lipinski definition) is 1. The monoisotopic (exact) mass is 296 g/mol. The van der Waals surface area contributed by atoms with Crippen molar-refractivity contribution in [2.75, 3.05) is 18.8 Å². The Kier molecular flexibility index (Phi) is 3.51. The predicted octanol–water partition coefficient (Wildman–Crippen LogP) is 1.79. The van der Waals surface area contributed by atoms with Crippen molar-refractivity contribution in [3.63, 3.8) is 0 Å². The molecule has 0 spiro atoms. The highest BCUT2D eigenvalue weighted by Gasteiger charge is 2.51. The van der Waals surface area contributed by atoms with Crippen LogP contribution >= 0.6 is 11.8 Å². The fourth-order valence-corrected chi connectivity index (χ4v) is 4.84. The minimum atomic E-state index is -0.660. The normalized spacial score (nSPS) is 38.8. The lowest BCUT2D eigenvalue weighted by Gasteiger charge is -2.36. The van der Waals surface area contributed by atoms with Gasteiger partial charge in [-0.1, -0.05) is 0 Å². The van der Waals surface area contributed by atoms with Crippen molar-refractivity contribution in [3.8, 4) is 0 Å². The zero-order valence-corrected chi connectivity index (χ0v) is 13.2. The fraction of sp³-hybridized carbons (Fsp3) is 0.867. The second kappa shape index (κ2) is 4.93. The molecule has 0 bridgehead atoms. The molecule has 3 rings (SSSR count). The van der Waals surface area contributed by atoms with E-state index in [2.05, 4.69) is 12.2 Å². The van der Waals surface area contributed by atoms with Crippen LogP contribution in [-0.4, -0.2) is 45.8 Å². The van der Waals surface area contributed by atoms with Crippen LogP contribution in [0.2, 0.25) is 0 Å². The Morgan fingerprint density at radius 3 is 2.70 bits per heavy atom. The van der Waals surface area contributed by atoms with Gasteiger partial charge in [-0.2, -0.15) is 11.8 Å². The van der Waals surface area contributed by atoms with E-state index >= 15 is 0 Å². The van der Waals surface area contributed by atoms with Gasteiger partial charge in [-0.3, -0.25) is 9.59 Å². The van der Waals surface area contributed by atoms with Crippen molar-refractivity contribution in [2.24, 2.45) is 5.92 Å². The molecule has 2 unspecified atom stereocenters. The molecule has 1 N–H and O–H groups in total. The third kappa shape index (κ3) is 2.57. The molecule has 2 aliphatic heterocycles. The van der Waals surface area contributed by atoms with E-state index in [4.69, 9.17) is 0 Å². The molecule has 3 fully saturated rings. The Hall–Kier alpha value is -0.710. The van der Waals surface area contributed by atoms with Crippen LogP contribution in [0.3, 0.4) is 0 Å². The van der Waals surface area contributed by atoms with Crippen LogP contribution in [0.1, 0.15) is 46.0 Å². The van der Waals surface area contributed by atoms with Crippen molar-refractivity contribution in [3.05, 3.63) is 0 Å². The second-order valence-electron chi connectivity index (χ2n) is 6.90. The smallest absolute Gasteiger partial charge is 0.248 e. The van der Waals surface area contributed by atoms with Crippen LogP contribution in [0.5, 0.6) is 0 Å². The van der Waals surface area contributed by atoms with Crippen molar-refractivity contribution in [1.82, 2.24) is 10.2 Å². The maximum Gasteiger partial charge on any atom is 0.248 e. The molecule has 5 heteroatoms. The first-order valence-electron chi connectivity index (χ1n) is 7.67. The second-order valence-corrected chi connectivity index (χ2v) is 8.59. The van der Waals surface area contributed by atoms with Crippen LogP contribution in [0.15, 0.2) is 0 Å². The summed E-state index contributed by atoms with van der Waals surface area (Å²) in [4.78, 5) is 26.8. The van der Waals surface area contributed by atoms with Crippen molar-refractivity contribution < 1.29 is 9.59 Å². The summed E-state index contributed by atoms with van der Waals surface area (Å²) in [5, 5.41) is 3.00. The summed E-state index contributed by atoms with van der Waals surface area (Å²) < 4.78 is 0.174. The predicted molar refractivity (Wildman–Crippen MR) is 80.6 cm³/mol. The molecule has 0 aromatic carbocycles. The third-order valence-corrected chi connectivity index (χ3v) is 6.48. The Morgan fingerprint density at radius 1 is 1.35 bits per heavy atom. The first-order chi connectivity index (χ1) is 9.43. The van der Waals surface area contributed by atoms with Gasteiger partial charge in [0.2, 0.25) is 11.8 Å². The van der Waals surface area contributed by atoms with Crippen LogP contribution in [0.25, 0.3) is 0 Å². The molecule has 20 heavy (non-hydrogen) atoms. The molecule has 2 amide bonds. The molecule has 2 heterocycles. The summed E-state index contributed by atoms with van der Waals surface area (Å²) in [5.74, 6) is 1.69. The van der Waals surface area contributed by atoms with Crippen molar-refractivity contribution >= 4 is 23.6 Å². The van der Waals surface area contributed by atoms with Gasteiger partial charge in [-0.15, -0.1) is 0 Å². The molecule has 4 nitrogen and oxygen atoms in total. The van der Waals surface area contributed by atoms with Gasteiger partial charge in [0.25, 0.3) is 0 Å². The lowest BCUT2D eigenvalue weighted by Crippen LogP contribution is -2.58. The van der Waals surface area contributed by atoms with E-state index in [9.17, 15) is 9.59 Å². The number of carbonyl (C=O) groups is 2. The molecule has 1 saturated carbocycles. The number of nitrogens with one attached hydrogen (secondary N) is 1. The molecule has 3 aliphatic rings. The summed E-state index contributed by atoms with van der Waals surface area (Å²) in [7, 11) is 0. The highest BCUT2D eigenvalue weighted by molar-refractivity contribution is 8.00. The third-order valence-electron chi connectivity index (χ3n) is 4.96. The number of amides is 2. The Balaban J connectivity index is 1.79. The molecule has 0 radical (unpaired) electrons. The van der Waals surface area contributed by atoms with Crippen LogP contribution in [0.4, 0.5) is 0 Å². The fourth-order valence-electron chi connectivity index (χ4n) is 3.53. The van der Waals surface area contributed by atoms with Gasteiger partial charge < -0.3 is 10.2 Å². The first-order valence-corrected chi connectivity index (χ1v) is 8.66. The minimum absolute atomic E-state index is 0.0273. The molecular formula is C15H24N2O2S. The summed E-state index contributed by atoms with van der Waals surface area (Å²) in [5.41, 5.74) is -0.660. The van der Waals surface area contributed by atoms with Crippen molar-refractivity contribution in [2.45, 2.75) is 56.2 Å². The summed E-state index contributed by atoms with van der Waals surface area (Å²) in [6.45, 7) is 5.54. The molecule has 0 aromatic heterocycles. The number of hydrogen-bond acceptors (Lipinski definition) is 3. The van der Waals surface area contributed by atoms with E-state index < -0.39 is 5.54 Å². The Labute approximate surface area is 125 Å². The highest BCUT2D eigenvalue weighted by atomic mass is 32.2. The topological polar surface area (TPSA) is 49.4 Å². The van der Waals surface area contributed by atoms with E-state index in [1.807, 2.05) is 23.6 Å². The maximum atomic E-state index is 12.9. The summed E-state index contributed by atoms with van der Waals surface area (Å²) >= 11 is 1.97. The standard InChI is InChI=1S/C15H24N2O2S/c1-14(7-3-9-20-14)10-17-8-6-12(18)16-15(2,13(17)19)11-4-5-11/h11H,3-10H2,1-2H3,(H,16,18). The Morgan fingerprint density at radius 2 is 2.10 bits per heavy atom. The lowest BCUT2D eigenvalue weighted by atomic mass is 9.93. The zero-order valence-electron chi connectivity index (χ0n) is 12.4. The average Bonchev–Trinajstić information content (AvgIpc) is 3.18. The molecule has 0 aromatic rings. The molecular weight excluding hydrogens is 272 g/mol. The number of nitrogens with zero attached hydrogens (tertiary/aromatic N) is 1. The molecule has 1 aliphatic carbocycles. The number of thioether (sulfide) groups is 1. The molecule has 2 atom stereocenters. The van der Waals surface area contributed by atoms with E-state index in [1.165, 1.54) is 18.6 Å². The van der Waals surface area contributed by atoms with Crippen LogP contribution < -0.4 is 5.32 Å². The average molecular weight is 296 g/mol. The van der Waals surface area contributed by atoms with E-state index in [-0.39, 0.29) is 16.6 Å². The zero-order chi connectivity index (χ0) is 14.4. The number of carbonyl (C=O) groups excluding carboxylic acids is 2. The van der Waals surface area contributed by atoms with Gasteiger partial charge in [0.15, 0.2) is 0 Å². The van der Waals surface area contributed by atoms with Gasteiger partial charge in [-0.25, -0.2) is 0 Å². The van der Waals surface area contributed by atoms with E-state index in [1.54, 1.807) is 0 Å². The quantitative estimate of drug-likeness (QED) is 0.864. The van der Waals surface area contributed by atoms with Gasteiger partial charge in [0, 0.05) is 24.3 Å². The van der Waals surface area contributed by atoms with E-state index in [0.29, 0.717) is 18.9 Å². The highest BCUT2D eigenvalue weighted by Crippen LogP contribution is 2.43. The Bertz CT molecular complexity index is 430. The van der Waals surface area contributed by atoms with Gasteiger partial charge >= 0.3 is 0 Å². The largest absolute Gasteiger partial charge is 0.342 e. The minimum Gasteiger partial charge on any atom is -0.342 e. The van der Waals surface area contributed by atoms with E-state index in [0.717, 1.165) is 19.4 Å². The molecule has 2 saturated heterocycles. The van der Waals surface area contributed by atoms with Gasteiger partial charge in [0.1, 0.15) is 5.54 Å². The molecule has 112 valence electrons. The van der Waals surface area contributed by atoms with Gasteiger partial charge in [0.05, 0.1) is 0 Å². The van der Waals surface area contributed by atoms with Crippen LogP contribution in [-0.2, 0) is 9.59 Å². The summed E-state index contributed by atoms with van der Waals surface area (Å²) in [6, 6.07) is 0. The summed E-state index contributed by atoms with van der Waals surface area (Å²) in [6.07, 6.45) is 4.96. The number of rotatable bonds is 3. The maximum absolute atomic E-state index is 12.9.